The van der Waals surface area contributed by atoms with Gasteiger partial charge in [0.15, 0.2) is 0 Å². The van der Waals surface area contributed by atoms with Crippen molar-refractivity contribution in [3.05, 3.63) is 96.4 Å². The van der Waals surface area contributed by atoms with Crippen molar-refractivity contribution in [2.45, 2.75) is 6.54 Å². The van der Waals surface area contributed by atoms with Gasteiger partial charge < -0.3 is 10.2 Å². The zero-order chi connectivity index (χ0) is 20.4. The molecule has 5 heteroatoms. The van der Waals surface area contributed by atoms with E-state index in [9.17, 15) is 4.39 Å². The fourth-order valence-electron chi connectivity index (χ4n) is 3.35. The second-order valence-corrected chi connectivity index (χ2v) is 7.17. The zero-order valence-electron chi connectivity index (χ0n) is 16.6. The second kappa shape index (κ2) is 7.80. The fraction of sp³-hybridized carbons (Fsp3) is 0.125. The van der Waals surface area contributed by atoms with E-state index in [2.05, 4.69) is 46.2 Å². The molecule has 0 unspecified atom stereocenters. The predicted octanol–water partition coefficient (Wildman–Crippen LogP) is 4.99. The third-order valence-corrected chi connectivity index (χ3v) is 4.94. The maximum Gasteiger partial charge on any atom is 0.123 e. The number of fused-ring (bicyclic) bond motifs is 1. The quantitative estimate of drug-likeness (QED) is 0.507. The van der Waals surface area contributed by atoms with E-state index in [4.69, 9.17) is 0 Å². The SMILES string of the molecule is C=C(NCc1cccc(N(C)C)c1)c1cccc2c1cnn2-c1ccc(F)cc1. The number of hydrogen-bond acceptors (Lipinski definition) is 3. The van der Waals surface area contributed by atoms with Crippen LogP contribution in [0.3, 0.4) is 0 Å². The van der Waals surface area contributed by atoms with Crippen LogP contribution in [0.5, 0.6) is 0 Å². The average molecular weight is 386 g/mol. The first-order chi connectivity index (χ1) is 14.0. The number of benzene rings is 3. The van der Waals surface area contributed by atoms with Crippen molar-refractivity contribution in [1.82, 2.24) is 15.1 Å². The van der Waals surface area contributed by atoms with Crippen LogP contribution in [0.25, 0.3) is 22.3 Å². The highest BCUT2D eigenvalue weighted by atomic mass is 19.1. The van der Waals surface area contributed by atoms with Crippen molar-refractivity contribution in [2.75, 3.05) is 19.0 Å². The second-order valence-electron chi connectivity index (χ2n) is 7.17. The van der Waals surface area contributed by atoms with Crippen LogP contribution in [-0.2, 0) is 6.54 Å². The molecule has 146 valence electrons. The van der Waals surface area contributed by atoms with E-state index in [1.54, 1.807) is 12.1 Å². The molecule has 0 aliphatic heterocycles. The summed E-state index contributed by atoms with van der Waals surface area (Å²) in [7, 11) is 4.07. The molecule has 4 rings (SSSR count). The van der Waals surface area contributed by atoms with Gasteiger partial charge in [-0.3, -0.25) is 0 Å². The molecule has 0 bridgehead atoms. The van der Waals surface area contributed by atoms with E-state index in [0.29, 0.717) is 6.54 Å². The van der Waals surface area contributed by atoms with Crippen LogP contribution < -0.4 is 10.2 Å². The molecule has 29 heavy (non-hydrogen) atoms. The van der Waals surface area contributed by atoms with Crippen molar-refractivity contribution in [3.63, 3.8) is 0 Å². The summed E-state index contributed by atoms with van der Waals surface area (Å²) in [5.41, 5.74) is 5.96. The van der Waals surface area contributed by atoms with Gasteiger partial charge in [0.05, 0.1) is 17.4 Å². The van der Waals surface area contributed by atoms with Crippen molar-refractivity contribution >= 4 is 22.3 Å². The summed E-state index contributed by atoms with van der Waals surface area (Å²) >= 11 is 0. The molecular formula is C24H23FN4. The lowest BCUT2D eigenvalue weighted by Crippen LogP contribution is -2.13. The summed E-state index contributed by atoms with van der Waals surface area (Å²) in [6.45, 7) is 4.92. The smallest absolute Gasteiger partial charge is 0.123 e. The highest BCUT2D eigenvalue weighted by Gasteiger charge is 2.11. The predicted molar refractivity (Wildman–Crippen MR) is 118 cm³/mol. The minimum atomic E-state index is -0.262. The molecule has 0 aliphatic carbocycles. The number of halogens is 1. The average Bonchev–Trinajstić information content (AvgIpc) is 3.17. The monoisotopic (exact) mass is 386 g/mol. The van der Waals surface area contributed by atoms with Gasteiger partial charge in [-0.15, -0.1) is 0 Å². The first-order valence-electron chi connectivity index (χ1n) is 9.45. The van der Waals surface area contributed by atoms with Gasteiger partial charge in [-0.05, 0) is 48.0 Å². The number of nitrogens with zero attached hydrogens (tertiary/aromatic N) is 3. The molecule has 1 heterocycles. The fourth-order valence-corrected chi connectivity index (χ4v) is 3.35. The van der Waals surface area contributed by atoms with Gasteiger partial charge in [-0.25, -0.2) is 9.07 Å². The minimum absolute atomic E-state index is 0.262. The molecule has 0 fully saturated rings. The Kier molecular flexibility index (Phi) is 5.04. The highest BCUT2D eigenvalue weighted by molar-refractivity contribution is 5.91. The maximum absolute atomic E-state index is 13.3. The number of rotatable bonds is 6. The Morgan fingerprint density at radius 2 is 1.83 bits per heavy atom. The van der Waals surface area contributed by atoms with E-state index in [-0.39, 0.29) is 5.82 Å². The van der Waals surface area contributed by atoms with Crippen LogP contribution in [0.2, 0.25) is 0 Å². The van der Waals surface area contributed by atoms with Crippen LogP contribution in [0.4, 0.5) is 10.1 Å². The van der Waals surface area contributed by atoms with Crippen molar-refractivity contribution in [1.29, 1.82) is 0 Å². The molecule has 0 aliphatic rings. The Morgan fingerprint density at radius 1 is 1.07 bits per heavy atom. The van der Waals surface area contributed by atoms with Crippen LogP contribution in [-0.4, -0.2) is 23.9 Å². The van der Waals surface area contributed by atoms with Gasteiger partial charge in [-0.1, -0.05) is 30.8 Å². The zero-order valence-corrected chi connectivity index (χ0v) is 16.6. The molecule has 0 radical (unpaired) electrons. The molecule has 0 saturated heterocycles. The number of hydrogen-bond donors (Lipinski definition) is 1. The van der Waals surface area contributed by atoms with Crippen LogP contribution in [0.15, 0.2) is 79.5 Å². The Hall–Kier alpha value is -3.60. The van der Waals surface area contributed by atoms with Gasteiger partial charge >= 0.3 is 0 Å². The third-order valence-electron chi connectivity index (χ3n) is 4.94. The topological polar surface area (TPSA) is 33.1 Å². The summed E-state index contributed by atoms with van der Waals surface area (Å²) in [5, 5.41) is 8.93. The van der Waals surface area contributed by atoms with Gasteiger partial charge in [-0.2, -0.15) is 5.10 Å². The maximum atomic E-state index is 13.3. The van der Waals surface area contributed by atoms with Crippen LogP contribution in [0, 0.1) is 5.82 Å². The lowest BCUT2D eigenvalue weighted by molar-refractivity contribution is 0.627. The summed E-state index contributed by atoms with van der Waals surface area (Å²) < 4.78 is 15.1. The van der Waals surface area contributed by atoms with Crippen LogP contribution in [0.1, 0.15) is 11.1 Å². The molecule has 4 aromatic rings. The molecule has 0 amide bonds. The lowest BCUT2D eigenvalue weighted by atomic mass is 10.1. The van der Waals surface area contributed by atoms with E-state index in [1.807, 2.05) is 43.2 Å². The summed E-state index contributed by atoms with van der Waals surface area (Å²) in [6.07, 6.45) is 1.83. The molecule has 0 saturated carbocycles. The van der Waals surface area contributed by atoms with E-state index >= 15 is 0 Å². The Morgan fingerprint density at radius 3 is 2.59 bits per heavy atom. The van der Waals surface area contributed by atoms with Gasteiger partial charge in [0.25, 0.3) is 0 Å². The van der Waals surface area contributed by atoms with Gasteiger partial charge in [0.1, 0.15) is 5.82 Å². The number of nitrogens with one attached hydrogen (secondary N) is 1. The molecule has 0 spiro atoms. The van der Waals surface area contributed by atoms with Gasteiger partial charge in [0.2, 0.25) is 0 Å². The van der Waals surface area contributed by atoms with Gasteiger partial charge in [0, 0.05) is 43.0 Å². The number of aromatic nitrogens is 2. The number of anilines is 1. The first kappa shape index (κ1) is 18.7. The normalized spacial score (nSPS) is 10.9. The third kappa shape index (κ3) is 3.85. The first-order valence-corrected chi connectivity index (χ1v) is 9.45. The standard InChI is InChI=1S/C24H23FN4/c1-17(26-15-18-6-4-7-21(14-18)28(2)3)22-8-5-9-24-23(22)16-27-29(24)20-12-10-19(25)11-13-20/h4-14,16,26H,1,15H2,2-3H3. The Labute approximate surface area is 169 Å². The molecular weight excluding hydrogens is 363 g/mol. The van der Waals surface area contributed by atoms with E-state index in [0.717, 1.165) is 33.5 Å². The highest BCUT2D eigenvalue weighted by Crippen LogP contribution is 2.25. The summed E-state index contributed by atoms with van der Waals surface area (Å²) in [6, 6.07) is 20.7. The van der Waals surface area contributed by atoms with Crippen molar-refractivity contribution in [2.24, 2.45) is 0 Å². The van der Waals surface area contributed by atoms with Crippen LogP contribution >= 0.6 is 0 Å². The van der Waals surface area contributed by atoms with Crippen molar-refractivity contribution < 1.29 is 4.39 Å². The molecule has 4 nitrogen and oxygen atoms in total. The van der Waals surface area contributed by atoms with E-state index < -0.39 is 0 Å². The lowest BCUT2D eigenvalue weighted by Gasteiger charge is -2.15. The minimum Gasteiger partial charge on any atom is -0.381 e. The summed E-state index contributed by atoms with van der Waals surface area (Å²) in [4.78, 5) is 2.09. The largest absolute Gasteiger partial charge is 0.381 e. The Balaban J connectivity index is 1.58. The van der Waals surface area contributed by atoms with E-state index in [1.165, 1.54) is 17.7 Å². The molecule has 3 aromatic carbocycles. The van der Waals surface area contributed by atoms with Crippen molar-refractivity contribution in [3.8, 4) is 5.69 Å². The molecule has 0 atom stereocenters. The molecule has 1 aromatic heterocycles. The summed E-state index contributed by atoms with van der Waals surface area (Å²) in [5.74, 6) is -0.262. The Bertz CT molecular complexity index is 1160. The molecule has 1 N–H and O–H groups in total.